The Labute approximate surface area is 257 Å². The van der Waals surface area contributed by atoms with Crippen LogP contribution in [0, 0.1) is 0 Å². The molecule has 5 rings (SSSR count). The zero-order valence-corrected chi connectivity index (χ0v) is 24.0. The van der Waals surface area contributed by atoms with Gasteiger partial charge in [0.1, 0.15) is 11.9 Å². The van der Waals surface area contributed by atoms with Crippen molar-refractivity contribution in [3.8, 4) is 28.0 Å². The minimum atomic E-state index is -5.14. The van der Waals surface area contributed by atoms with Gasteiger partial charge in [0.05, 0.1) is 36.4 Å². The molecule has 242 valence electrons. The maximum atomic E-state index is 13.8. The number of nitrogens with zero attached hydrogens (tertiary/aromatic N) is 1. The number of cyclic esters (lactones) is 1. The number of ether oxygens (including phenoxy) is 2. The highest BCUT2D eigenvalue weighted by atomic mass is 19.4. The highest BCUT2D eigenvalue weighted by molar-refractivity contribution is 5.80. The number of carbonyl (C=O) groups is 1. The lowest BCUT2D eigenvalue weighted by Crippen LogP contribution is -2.32. The standard InChI is InChI=1S/C33H24F9NO3/c1-18-29(21-12-24(32(37,38)39)16-25(13-21)33(40,41)42)46-30(44)43(18)17-22-14-23(31(34,35)36)9-10-26(22)27-15-20(8-11-28(27)45-2)19-6-4-3-5-7-19/h3-16,18,29H,17H2,1-2H3/t18-,29-/m0/s1. The summed E-state index contributed by atoms with van der Waals surface area (Å²) >= 11 is 0. The van der Waals surface area contributed by atoms with Crippen LogP contribution in [-0.4, -0.2) is 24.1 Å². The molecule has 0 bridgehead atoms. The largest absolute Gasteiger partial charge is 0.496 e. The molecule has 0 aliphatic carbocycles. The fourth-order valence-corrected chi connectivity index (χ4v) is 5.38. The van der Waals surface area contributed by atoms with Crippen LogP contribution in [0.25, 0.3) is 22.3 Å². The molecule has 0 spiro atoms. The number of amides is 1. The summed E-state index contributed by atoms with van der Waals surface area (Å²) in [6.45, 7) is 0.812. The van der Waals surface area contributed by atoms with E-state index in [0.29, 0.717) is 29.0 Å². The quantitative estimate of drug-likeness (QED) is 0.195. The van der Waals surface area contributed by atoms with Crippen LogP contribution in [0.5, 0.6) is 5.75 Å². The van der Waals surface area contributed by atoms with Crippen molar-refractivity contribution in [1.82, 2.24) is 4.90 Å². The average Bonchev–Trinajstić information content (AvgIpc) is 3.28. The third-order valence-electron chi connectivity index (χ3n) is 7.70. The fourth-order valence-electron chi connectivity index (χ4n) is 5.38. The number of hydrogen-bond acceptors (Lipinski definition) is 3. The molecule has 1 aliphatic rings. The van der Waals surface area contributed by atoms with Gasteiger partial charge in [0.15, 0.2) is 0 Å². The topological polar surface area (TPSA) is 38.8 Å². The van der Waals surface area contributed by atoms with E-state index in [4.69, 9.17) is 9.47 Å². The van der Waals surface area contributed by atoms with Gasteiger partial charge in [-0.3, -0.25) is 4.90 Å². The number of methoxy groups -OCH3 is 1. The summed E-state index contributed by atoms with van der Waals surface area (Å²) in [4.78, 5) is 14.0. The Morgan fingerprint density at radius 1 is 0.696 bits per heavy atom. The van der Waals surface area contributed by atoms with E-state index >= 15 is 0 Å². The smallest absolute Gasteiger partial charge is 0.416 e. The van der Waals surface area contributed by atoms with Gasteiger partial charge in [0, 0.05) is 5.56 Å². The SMILES string of the molecule is COc1ccc(-c2ccccc2)cc1-c1ccc(C(F)(F)F)cc1CN1C(=O)O[C@H](c2cc(C(F)(F)F)cc(C(F)(F)F)c2)[C@@H]1C. The van der Waals surface area contributed by atoms with E-state index in [2.05, 4.69) is 0 Å². The first-order valence-corrected chi connectivity index (χ1v) is 13.7. The van der Waals surface area contributed by atoms with Crippen LogP contribution in [-0.2, 0) is 29.8 Å². The first kappa shape index (κ1) is 32.7. The number of alkyl halides is 9. The number of carbonyl (C=O) groups excluding carboxylic acids is 1. The van der Waals surface area contributed by atoms with E-state index in [1.807, 2.05) is 30.3 Å². The summed E-state index contributed by atoms with van der Waals surface area (Å²) in [5.41, 5.74) is -2.64. The van der Waals surface area contributed by atoms with Gasteiger partial charge in [-0.05, 0) is 77.2 Å². The van der Waals surface area contributed by atoms with Gasteiger partial charge in [0.2, 0.25) is 0 Å². The second-order valence-electron chi connectivity index (χ2n) is 10.7. The average molecular weight is 654 g/mol. The van der Waals surface area contributed by atoms with Gasteiger partial charge < -0.3 is 9.47 Å². The third-order valence-corrected chi connectivity index (χ3v) is 7.70. The van der Waals surface area contributed by atoms with Gasteiger partial charge in [-0.1, -0.05) is 42.5 Å². The third kappa shape index (κ3) is 6.63. The molecule has 1 heterocycles. The lowest BCUT2D eigenvalue weighted by molar-refractivity contribution is -0.143. The van der Waals surface area contributed by atoms with Crippen LogP contribution >= 0.6 is 0 Å². The molecule has 1 saturated heterocycles. The second-order valence-corrected chi connectivity index (χ2v) is 10.7. The Balaban J connectivity index is 1.58. The highest BCUT2D eigenvalue weighted by Crippen LogP contribution is 2.43. The molecule has 1 aliphatic heterocycles. The van der Waals surface area contributed by atoms with Crippen LogP contribution in [0.2, 0.25) is 0 Å². The Morgan fingerprint density at radius 3 is 1.87 bits per heavy atom. The fraction of sp³-hybridized carbons (Fsp3) is 0.242. The molecule has 2 atom stereocenters. The van der Waals surface area contributed by atoms with Crippen molar-refractivity contribution in [1.29, 1.82) is 0 Å². The Morgan fingerprint density at radius 2 is 1.30 bits per heavy atom. The molecule has 0 saturated carbocycles. The lowest BCUT2D eigenvalue weighted by atomic mass is 9.92. The Bertz CT molecular complexity index is 1720. The molecule has 4 aromatic carbocycles. The Hall–Kier alpha value is -4.68. The molecular formula is C33H24F9NO3. The van der Waals surface area contributed by atoms with Gasteiger partial charge in [-0.2, -0.15) is 39.5 Å². The van der Waals surface area contributed by atoms with Crippen LogP contribution in [0.1, 0.15) is 40.8 Å². The molecule has 1 amide bonds. The van der Waals surface area contributed by atoms with Crippen LogP contribution in [0.3, 0.4) is 0 Å². The molecule has 13 heteroatoms. The summed E-state index contributed by atoms with van der Waals surface area (Å²) in [6.07, 6.45) is -17.8. The number of rotatable bonds is 6. The first-order chi connectivity index (χ1) is 21.5. The van der Waals surface area contributed by atoms with Crippen molar-refractivity contribution in [3.63, 3.8) is 0 Å². The van der Waals surface area contributed by atoms with Crippen molar-refractivity contribution >= 4 is 6.09 Å². The van der Waals surface area contributed by atoms with Crippen molar-refractivity contribution in [2.75, 3.05) is 7.11 Å². The van der Waals surface area contributed by atoms with Gasteiger partial charge in [-0.15, -0.1) is 0 Å². The summed E-state index contributed by atoms with van der Waals surface area (Å²) in [6, 6.07) is 16.8. The predicted octanol–water partition coefficient (Wildman–Crippen LogP) is 10.2. The molecule has 0 unspecified atom stereocenters. The van der Waals surface area contributed by atoms with Gasteiger partial charge >= 0.3 is 24.6 Å². The molecular weight excluding hydrogens is 629 g/mol. The van der Waals surface area contributed by atoms with Crippen LogP contribution < -0.4 is 4.74 Å². The lowest BCUT2D eigenvalue weighted by Gasteiger charge is -2.24. The van der Waals surface area contributed by atoms with Crippen molar-refractivity contribution < 1.29 is 53.8 Å². The molecule has 0 aromatic heterocycles. The minimum absolute atomic E-state index is 0.0113. The summed E-state index contributed by atoms with van der Waals surface area (Å²) < 4.78 is 133. The van der Waals surface area contributed by atoms with Crippen LogP contribution in [0.15, 0.2) is 84.9 Å². The number of halogens is 9. The summed E-state index contributed by atoms with van der Waals surface area (Å²) in [5.74, 6) is 0.305. The van der Waals surface area contributed by atoms with Gasteiger partial charge in [-0.25, -0.2) is 4.79 Å². The van der Waals surface area contributed by atoms with E-state index < -0.39 is 65.6 Å². The van der Waals surface area contributed by atoms with E-state index in [9.17, 15) is 44.3 Å². The van der Waals surface area contributed by atoms with Crippen molar-refractivity contribution in [2.45, 2.75) is 44.1 Å². The highest BCUT2D eigenvalue weighted by Gasteiger charge is 2.44. The zero-order chi connectivity index (χ0) is 33.6. The molecule has 4 nitrogen and oxygen atoms in total. The molecule has 0 radical (unpaired) electrons. The molecule has 4 aromatic rings. The normalized spacial score (nSPS) is 17.3. The first-order valence-electron chi connectivity index (χ1n) is 13.7. The van der Waals surface area contributed by atoms with Gasteiger partial charge in [0.25, 0.3) is 0 Å². The maximum Gasteiger partial charge on any atom is 0.416 e. The second kappa shape index (κ2) is 11.9. The van der Waals surface area contributed by atoms with Crippen molar-refractivity contribution in [3.05, 3.63) is 113 Å². The molecule has 0 N–H and O–H groups in total. The monoisotopic (exact) mass is 653 g/mol. The van der Waals surface area contributed by atoms with Crippen molar-refractivity contribution in [2.24, 2.45) is 0 Å². The number of benzene rings is 4. The maximum absolute atomic E-state index is 13.8. The van der Waals surface area contributed by atoms with Crippen LogP contribution in [0.4, 0.5) is 44.3 Å². The zero-order valence-electron chi connectivity index (χ0n) is 24.0. The van der Waals surface area contributed by atoms with E-state index in [1.165, 1.54) is 20.1 Å². The predicted molar refractivity (Wildman–Crippen MR) is 150 cm³/mol. The molecule has 46 heavy (non-hydrogen) atoms. The summed E-state index contributed by atoms with van der Waals surface area (Å²) in [7, 11) is 1.37. The van der Waals surface area contributed by atoms with E-state index in [0.717, 1.165) is 22.6 Å². The van der Waals surface area contributed by atoms with E-state index in [-0.39, 0.29) is 17.2 Å². The Kier molecular flexibility index (Phi) is 8.47. The summed E-state index contributed by atoms with van der Waals surface area (Å²) in [5, 5.41) is 0. The molecule has 1 fully saturated rings. The number of hydrogen-bond donors (Lipinski definition) is 0. The van der Waals surface area contributed by atoms with E-state index in [1.54, 1.807) is 18.2 Å². The minimum Gasteiger partial charge on any atom is -0.496 e.